The number of rotatable bonds is 5. The Morgan fingerprint density at radius 1 is 1.03 bits per heavy atom. The Morgan fingerprint density at radius 3 is 2.16 bits per heavy atom. The molecule has 0 amide bonds. The highest BCUT2D eigenvalue weighted by atomic mass is 19.4. The number of hydrogen-bond acceptors (Lipinski definition) is 4. The summed E-state index contributed by atoms with van der Waals surface area (Å²) in [5.41, 5.74) is -2.63. The molecule has 1 fully saturated rings. The van der Waals surface area contributed by atoms with Crippen molar-refractivity contribution in [2.75, 3.05) is 13.2 Å². The number of ether oxygens (including phenoxy) is 3. The second kappa shape index (κ2) is 9.27. The zero-order valence-electron chi connectivity index (χ0n) is 16.3. The fourth-order valence-corrected chi connectivity index (χ4v) is 3.18. The van der Waals surface area contributed by atoms with Crippen LogP contribution in [0.15, 0.2) is 30.3 Å². The first-order chi connectivity index (χ1) is 14.6. The molecule has 0 bridgehead atoms. The van der Waals surface area contributed by atoms with E-state index in [9.17, 15) is 31.1 Å². The van der Waals surface area contributed by atoms with Crippen molar-refractivity contribution in [2.24, 2.45) is 5.92 Å². The fourth-order valence-electron chi connectivity index (χ4n) is 3.18. The molecule has 2 aromatic carbocycles. The lowest BCUT2D eigenvalue weighted by Gasteiger charge is -2.29. The lowest BCUT2D eigenvalue weighted by Crippen LogP contribution is -2.27. The summed E-state index contributed by atoms with van der Waals surface area (Å²) in [6.07, 6.45) is -4.14. The standard InChI is InChI=1S/C21H18F6O4/c1-2-3-11-9-29-20(30-10-11)12-6-16(23)18(17(24)7-12)19(28)31-13-4-5-14(15(22)8-13)21(25,26)27/h4-8,11,20H,2-3,9-10H2,1H3. The molecule has 0 aromatic heterocycles. The Kier molecular flexibility index (Phi) is 6.90. The molecule has 0 radical (unpaired) electrons. The minimum Gasteiger partial charge on any atom is -0.423 e. The summed E-state index contributed by atoms with van der Waals surface area (Å²) in [4.78, 5) is 12.1. The smallest absolute Gasteiger partial charge is 0.419 e. The van der Waals surface area contributed by atoms with Crippen molar-refractivity contribution in [2.45, 2.75) is 32.2 Å². The first-order valence-corrected chi connectivity index (χ1v) is 9.41. The Balaban J connectivity index is 1.75. The van der Waals surface area contributed by atoms with Gasteiger partial charge in [0.1, 0.15) is 28.8 Å². The Labute approximate surface area is 173 Å². The van der Waals surface area contributed by atoms with Crippen molar-refractivity contribution in [3.63, 3.8) is 0 Å². The van der Waals surface area contributed by atoms with E-state index in [0.29, 0.717) is 31.4 Å². The van der Waals surface area contributed by atoms with E-state index in [2.05, 4.69) is 4.74 Å². The molecule has 1 saturated heterocycles. The molecule has 168 valence electrons. The molecule has 1 heterocycles. The van der Waals surface area contributed by atoms with Gasteiger partial charge in [-0.25, -0.2) is 18.0 Å². The van der Waals surface area contributed by atoms with Gasteiger partial charge in [0.15, 0.2) is 6.29 Å². The van der Waals surface area contributed by atoms with Crippen molar-refractivity contribution in [3.05, 3.63) is 64.5 Å². The van der Waals surface area contributed by atoms with Gasteiger partial charge in [0.25, 0.3) is 0 Å². The van der Waals surface area contributed by atoms with Crippen LogP contribution >= 0.6 is 0 Å². The van der Waals surface area contributed by atoms with Gasteiger partial charge in [-0.2, -0.15) is 13.2 Å². The van der Waals surface area contributed by atoms with E-state index < -0.39 is 52.8 Å². The normalized spacial score (nSPS) is 19.3. The van der Waals surface area contributed by atoms with Crippen LogP contribution in [-0.2, 0) is 15.7 Å². The van der Waals surface area contributed by atoms with E-state index in [0.717, 1.165) is 25.0 Å². The molecule has 0 N–H and O–H groups in total. The van der Waals surface area contributed by atoms with Crippen LogP contribution in [0.4, 0.5) is 26.3 Å². The average molecular weight is 448 g/mol. The molecule has 0 aliphatic carbocycles. The van der Waals surface area contributed by atoms with E-state index in [1.54, 1.807) is 0 Å². The molecule has 3 rings (SSSR count). The highest BCUT2D eigenvalue weighted by Crippen LogP contribution is 2.33. The first kappa shape index (κ1) is 23.1. The topological polar surface area (TPSA) is 44.8 Å². The third kappa shape index (κ3) is 5.37. The predicted octanol–water partition coefficient (Wildman–Crippen LogP) is 5.80. The van der Waals surface area contributed by atoms with E-state index in [1.165, 1.54) is 0 Å². The van der Waals surface area contributed by atoms with Crippen LogP contribution in [0.5, 0.6) is 5.75 Å². The highest BCUT2D eigenvalue weighted by molar-refractivity contribution is 5.91. The van der Waals surface area contributed by atoms with Crippen LogP contribution in [-0.4, -0.2) is 19.2 Å². The number of benzene rings is 2. The SMILES string of the molecule is CCCC1COC(c2cc(F)c(C(=O)Oc3ccc(C(F)(F)F)c(F)c3)c(F)c2)OC1. The van der Waals surface area contributed by atoms with Gasteiger partial charge in [0.2, 0.25) is 0 Å². The van der Waals surface area contributed by atoms with Crippen molar-refractivity contribution in [1.29, 1.82) is 0 Å². The zero-order valence-corrected chi connectivity index (χ0v) is 16.3. The van der Waals surface area contributed by atoms with Gasteiger partial charge in [-0.3, -0.25) is 0 Å². The highest BCUT2D eigenvalue weighted by Gasteiger charge is 2.34. The van der Waals surface area contributed by atoms with Crippen LogP contribution in [0.3, 0.4) is 0 Å². The third-order valence-electron chi connectivity index (χ3n) is 4.66. The van der Waals surface area contributed by atoms with Gasteiger partial charge >= 0.3 is 12.1 Å². The van der Waals surface area contributed by atoms with Crippen molar-refractivity contribution >= 4 is 5.97 Å². The lowest BCUT2D eigenvalue weighted by molar-refractivity contribution is -0.206. The summed E-state index contributed by atoms with van der Waals surface area (Å²) in [6.45, 7) is 2.71. The van der Waals surface area contributed by atoms with Gasteiger partial charge in [-0.15, -0.1) is 0 Å². The Hall–Kier alpha value is -2.59. The van der Waals surface area contributed by atoms with Crippen LogP contribution in [0, 0.1) is 23.4 Å². The summed E-state index contributed by atoms with van der Waals surface area (Å²) >= 11 is 0. The second-order valence-electron chi connectivity index (χ2n) is 7.04. The molecular formula is C21H18F6O4. The number of hydrogen-bond donors (Lipinski definition) is 0. The lowest BCUT2D eigenvalue weighted by atomic mass is 10.0. The maximum absolute atomic E-state index is 14.4. The number of carbonyl (C=O) groups is 1. The maximum Gasteiger partial charge on any atom is 0.419 e. The van der Waals surface area contributed by atoms with Crippen molar-refractivity contribution < 1.29 is 45.3 Å². The average Bonchev–Trinajstić information content (AvgIpc) is 2.67. The van der Waals surface area contributed by atoms with Crippen LogP contribution in [0.1, 0.15) is 47.5 Å². The molecule has 1 aliphatic rings. The minimum absolute atomic E-state index is 0.0158. The third-order valence-corrected chi connectivity index (χ3v) is 4.66. The molecule has 2 aromatic rings. The monoisotopic (exact) mass is 448 g/mol. The summed E-state index contributed by atoms with van der Waals surface area (Å²) in [6, 6.07) is 3.03. The van der Waals surface area contributed by atoms with Crippen LogP contribution in [0.25, 0.3) is 0 Å². The van der Waals surface area contributed by atoms with Gasteiger partial charge in [-0.1, -0.05) is 13.3 Å². The van der Waals surface area contributed by atoms with Gasteiger partial charge in [0, 0.05) is 17.5 Å². The van der Waals surface area contributed by atoms with Gasteiger partial charge in [0.05, 0.1) is 18.8 Å². The molecule has 0 unspecified atom stereocenters. The first-order valence-electron chi connectivity index (χ1n) is 9.41. The summed E-state index contributed by atoms with van der Waals surface area (Å²) in [5.74, 6) is -6.25. The van der Waals surface area contributed by atoms with Crippen molar-refractivity contribution in [3.8, 4) is 5.75 Å². The van der Waals surface area contributed by atoms with E-state index >= 15 is 0 Å². The number of esters is 1. The molecule has 1 aliphatic heterocycles. The Bertz CT molecular complexity index is 928. The van der Waals surface area contributed by atoms with Crippen molar-refractivity contribution in [1.82, 2.24) is 0 Å². The molecule has 0 atom stereocenters. The van der Waals surface area contributed by atoms with Crippen LogP contribution < -0.4 is 4.74 Å². The summed E-state index contributed by atoms with van der Waals surface area (Å²) < 4.78 is 95.9. The summed E-state index contributed by atoms with van der Waals surface area (Å²) in [5, 5.41) is 0. The van der Waals surface area contributed by atoms with Gasteiger partial charge < -0.3 is 14.2 Å². The molecule has 0 spiro atoms. The summed E-state index contributed by atoms with van der Waals surface area (Å²) in [7, 11) is 0. The van der Waals surface area contributed by atoms with Gasteiger partial charge in [-0.05, 0) is 30.7 Å². The second-order valence-corrected chi connectivity index (χ2v) is 7.04. The Morgan fingerprint density at radius 2 is 1.65 bits per heavy atom. The van der Waals surface area contributed by atoms with E-state index in [1.807, 2.05) is 6.92 Å². The molecule has 10 heteroatoms. The molecular weight excluding hydrogens is 430 g/mol. The van der Waals surface area contributed by atoms with E-state index in [4.69, 9.17) is 9.47 Å². The molecule has 4 nitrogen and oxygen atoms in total. The predicted molar refractivity (Wildman–Crippen MR) is 95.8 cm³/mol. The quantitative estimate of drug-likeness (QED) is 0.329. The van der Waals surface area contributed by atoms with Crippen LogP contribution in [0.2, 0.25) is 0 Å². The number of halogens is 6. The number of carbonyl (C=O) groups excluding carboxylic acids is 1. The molecule has 0 saturated carbocycles. The largest absolute Gasteiger partial charge is 0.423 e. The minimum atomic E-state index is -4.94. The number of alkyl halides is 3. The molecule has 31 heavy (non-hydrogen) atoms. The maximum atomic E-state index is 14.4. The van der Waals surface area contributed by atoms with E-state index in [-0.39, 0.29) is 11.5 Å². The fraction of sp³-hybridized carbons (Fsp3) is 0.381. The zero-order chi connectivity index (χ0) is 22.8.